The number of hydrogen-bond acceptors (Lipinski definition) is 4. The van der Waals surface area contributed by atoms with Crippen LogP contribution in [0.15, 0.2) is 126 Å². The molecule has 3 aromatic heterocycles. The van der Waals surface area contributed by atoms with E-state index in [0.717, 1.165) is 55.4 Å². The van der Waals surface area contributed by atoms with E-state index in [1.54, 1.807) is 12.4 Å². The van der Waals surface area contributed by atoms with Crippen LogP contribution in [-0.4, -0.2) is 19.5 Å². The second kappa shape index (κ2) is 8.11. The third-order valence-corrected chi connectivity index (χ3v) is 7.15. The lowest BCUT2D eigenvalue weighted by Gasteiger charge is -2.12. The van der Waals surface area contributed by atoms with E-state index < -0.39 is 0 Å². The Balaban J connectivity index is 1.33. The molecule has 0 aliphatic rings. The zero-order valence-electron chi connectivity index (χ0n) is 20.2. The van der Waals surface area contributed by atoms with Crippen molar-refractivity contribution in [1.29, 1.82) is 0 Å². The molecule has 8 aromatic rings. The van der Waals surface area contributed by atoms with Crippen molar-refractivity contribution in [3.05, 3.63) is 122 Å². The van der Waals surface area contributed by atoms with Crippen molar-refractivity contribution in [3.63, 3.8) is 0 Å². The number of imidazole rings is 1. The van der Waals surface area contributed by atoms with Crippen molar-refractivity contribution < 1.29 is 4.42 Å². The molecule has 8 rings (SSSR count). The fourth-order valence-corrected chi connectivity index (χ4v) is 5.43. The zero-order valence-corrected chi connectivity index (χ0v) is 20.2. The second-order valence-corrected chi connectivity index (χ2v) is 9.32. The summed E-state index contributed by atoms with van der Waals surface area (Å²) in [7, 11) is 0. The summed E-state index contributed by atoms with van der Waals surface area (Å²) in [6.45, 7) is 0. The minimum Gasteiger partial charge on any atom is -0.455 e. The monoisotopic (exact) mass is 488 g/mol. The lowest BCUT2D eigenvalue weighted by Crippen LogP contribution is -2.00. The van der Waals surface area contributed by atoms with E-state index in [1.165, 1.54) is 10.9 Å². The van der Waals surface area contributed by atoms with E-state index in [0.29, 0.717) is 5.82 Å². The molecule has 0 bridgehead atoms. The highest BCUT2D eigenvalue weighted by atomic mass is 16.3. The largest absolute Gasteiger partial charge is 0.455 e. The predicted molar refractivity (Wildman–Crippen MR) is 152 cm³/mol. The summed E-state index contributed by atoms with van der Waals surface area (Å²) in [5, 5.41) is 4.54. The van der Waals surface area contributed by atoms with Crippen molar-refractivity contribution in [2.24, 2.45) is 0 Å². The normalized spacial score (nSPS) is 11.7. The third kappa shape index (κ3) is 3.09. The maximum atomic E-state index is 6.30. The second-order valence-electron chi connectivity index (χ2n) is 9.32. The number of rotatable bonds is 3. The van der Waals surface area contributed by atoms with Crippen molar-refractivity contribution >= 4 is 43.7 Å². The number of nitrogens with zero attached hydrogens (tertiary/aromatic N) is 4. The number of benzene rings is 5. The Morgan fingerprint density at radius 2 is 1.32 bits per heavy atom. The van der Waals surface area contributed by atoms with Gasteiger partial charge in [-0.05, 0) is 59.0 Å². The minimum atomic E-state index is 0.594. The number of para-hydroxylation sites is 3. The molecule has 3 heterocycles. The zero-order chi connectivity index (χ0) is 25.1. The highest BCUT2D eigenvalue weighted by Gasteiger charge is 2.17. The molecule has 0 aliphatic carbocycles. The number of aromatic nitrogens is 4. The molecule has 38 heavy (non-hydrogen) atoms. The van der Waals surface area contributed by atoms with Gasteiger partial charge in [-0.3, -0.25) is 4.57 Å². The Morgan fingerprint density at radius 3 is 2.16 bits per heavy atom. The van der Waals surface area contributed by atoms with E-state index in [-0.39, 0.29) is 0 Å². The summed E-state index contributed by atoms with van der Waals surface area (Å²) in [6, 6.07) is 37.5. The van der Waals surface area contributed by atoms with Gasteiger partial charge in [-0.1, -0.05) is 66.7 Å². The van der Waals surface area contributed by atoms with Gasteiger partial charge >= 0.3 is 0 Å². The average Bonchev–Trinajstić information content (AvgIpc) is 3.56. The van der Waals surface area contributed by atoms with Crippen LogP contribution >= 0.6 is 0 Å². The molecule has 0 saturated carbocycles. The maximum absolute atomic E-state index is 6.30. The highest BCUT2D eigenvalue weighted by molar-refractivity contribution is 6.19. The standard InChI is InChI=1S/C33H20N4O/c1-2-10-25-23(8-1)26(20-27-24-9-3-6-13-30(24)38-31(25)27)21-14-16-22(17-15-21)37-29-12-5-4-11-28(29)36-33(37)32-34-18-7-19-35-32/h1-20H. The summed E-state index contributed by atoms with van der Waals surface area (Å²) >= 11 is 0. The van der Waals surface area contributed by atoms with Gasteiger partial charge in [0, 0.05) is 34.2 Å². The van der Waals surface area contributed by atoms with Crippen LogP contribution in [0.4, 0.5) is 0 Å². The Bertz CT molecular complexity index is 2120. The molecule has 0 amide bonds. The van der Waals surface area contributed by atoms with Crippen LogP contribution in [0.5, 0.6) is 0 Å². The number of fused-ring (bicyclic) bond motifs is 6. The Kier molecular flexibility index (Phi) is 4.45. The van der Waals surface area contributed by atoms with Gasteiger partial charge in [-0.15, -0.1) is 0 Å². The van der Waals surface area contributed by atoms with Crippen LogP contribution in [-0.2, 0) is 0 Å². The van der Waals surface area contributed by atoms with Gasteiger partial charge in [0.1, 0.15) is 11.2 Å². The lowest BCUT2D eigenvalue weighted by molar-refractivity contribution is 0.672. The molecule has 0 N–H and O–H groups in total. The van der Waals surface area contributed by atoms with Gasteiger partial charge in [-0.25, -0.2) is 15.0 Å². The molecule has 0 atom stereocenters. The van der Waals surface area contributed by atoms with E-state index >= 15 is 0 Å². The van der Waals surface area contributed by atoms with Crippen LogP contribution in [0.25, 0.3) is 72.2 Å². The summed E-state index contributed by atoms with van der Waals surface area (Å²) < 4.78 is 8.42. The van der Waals surface area contributed by atoms with Gasteiger partial charge < -0.3 is 4.42 Å². The van der Waals surface area contributed by atoms with Crippen LogP contribution in [0.1, 0.15) is 0 Å². The van der Waals surface area contributed by atoms with Crippen LogP contribution in [0.2, 0.25) is 0 Å². The summed E-state index contributed by atoms with van der Waals surface area (Å²) in [6.07, 6.45) is 3.49. The molecule has 0 radical (unpaired) electrons. The summed E-state index contributed by atoms with van der Waals surface area (Å²) in [5.74, 6) is 1.31. The Labute approximate surface area is 217 Å². The Morgan fingerprint density at radius 1 is 0.605 bits per heavy atom. The van der Waals surface area contributed by atoms with Crippen LogP contribution < -0.4 is 0 Å². The van der Waals surface area contributed by atoms with E-state index in [1.807, 2.05) is 36.4 Å². The lowest BCUT2D eigenvalue weighted by atomic mass is 9.95. The van der Waals surface area contributed by atoms with Crippen molar-refractivity contribution in [3.8, 4) is 28.5 Å². The third-order valence-electron chi connectivity index (χ3n) is 7.15. The average molecular weight is 489 g/mol. The van der Waals surface area contributed by atoms with Gasteiger partial charge in [-0.2, -0.15) is 0 Å². The molecule has 5 nitrogen and oxygen atoms in total. The fourth-order valence-electron chi connectivity index (χ4n) is 5.43. The molecule has 0 saturated heterocycles. The molecule has 5 heteroatoms. The molecule has 178 valence electrons. The molecular weight excluding hydrogens is 468 g/mol. The minimum absolute atomic E-state index is 0.594. The van der Waals surface area contributed by atoms with E-state index in [4.69, 9.17) is 9.40 Å². The highest BCUT2D eigenvalue weighted by Crippen LogP contribution is 2.40. The Hall–Kier alpha value is -5.29. The van der Waals surface area contributed by atoms with E-state index in [9.17, 15) is 0 Å². The first-order valence-electron chi connectivity index (χ1n) is 12.5. The molecular formula is C33H20N4O. The van der Waals surface area contributed by atoms with Gasteiger partial charge in [0.05, 0.1) is 11.0 Å². The smallest absolute Gasteiger partial charge is 0.196 e. The van der Waals surface area contributed by atoms with Crippen LogP contribution in [0, 0.1) is 0 Å². The molecule has 0 fully saturated rings. The maximum Gasteiger partial charge on any atom is 0.196 e. The van der Waals surface area contributed by atoms with Crippen molar-refractivity contribution in [2.75, 3.05) is 0 Å². The predicted octanol–water partition coefficient (Wildman–Crippen LogP) is 8.20. The van der Waals surface area contributed by atoms with Gasteiger partial charge in [0.2, 0.25) is 0 Å². The molecule has 0 spiro atoms. The fraction of sp³-hybridized carbons (Fsp3) is 0. The quantitative estimate of drug-likeness (QED) is 0.251. The first kappa shape index (κ1) is 20.9. The van der Waals surface area contributed by atoms with Gasteiger partial charge in [0.25, 0.3) is 0 Å². The van der Waals surface area contributed by atoms with Crippen molar-refractivity contribution in [1.82, 2.24) is 19.5 Å². The topological polar surface area (TPSA) is 56.7 Å². The SMILES string of the molecule is c1cnc(-c2nc3ccccc3n2-c2ccc(-c3cc4c5ccccc5oc4c4ccccc34)cc2)nc1. The molecule has 0 unspecified atom stereocenters. The first-order valence-corrected chi connectivity index (χ1v) is 12.5. The van der Waals surface area contributed by atoms with Crippen LogP contribution in [0.3, 0.4) is 0 Å². The van der Waals surface area contributed by atoms with Gasteiger partial charge in [0.15, 0.2) is 11.6 Å². The molecule has 5 aromatic carbocycles. The summed E-state index contributed by atoms with van der Waals surface area (Å²) in [4.78, 5) is 13.8. The number of hydrogen-bond donors (Lipinski definition) is 0. The molecule has 0 aliphatic heterocycles. The van der Waals surface area contributed by atoms with Crippen molar-refractivity contribution in [2.45, 2.75) is 0 Å². The number of furan rings is 1. The van der Waals surface area contributed by atoms with E-state index in [2.05, 4.69) is 87.3 Å². The first-order chi connectivity index (χ1) is 18.8. The summed E-state index contributed by atoms with van der Waals surface area (Å²) in [5.41, 5.74) is 7.07.